The van der Waals surface area contributed by atoms with Crippen molar-refractivity contribution in [3.63, 3.8) is 0 Å². The van der Waals surface area contributed by atoms with E-state index in [9.17, 15) is 8.78 Å². The molecule has 1 N–H and O–H groups in total. The van der Waals surface area contributed by atoms with Crippen molar-refractivity contribution in [3.8, 4) is 0 Å². The second kappa shape index (κ2) is 3.47. The fourth-order valence-electron chi connectivity index (χ4n) is 1.22. The summed E-state index contributed by atoms with van der Waals surface area (Å²) in [5.41, 5.74) is 0.194. The zero-order valence-corrected chi connectivity index (χ0v) is 9.03. The van der Waals surface area contributed by atoms with Crippen LogP contribution in [-0.4, -0.2) is 10.2 Å². The molecule has 74 valence electrons. The average Bonchev–Trinajstić information content (AvgIpc) is 2.55. The Morgan fingerprint density at radius 1 is 1.43 bits per heavy atom. The van der Waals surface area contributed by atoms with Crippen LogP contribution in [0.25, 0.3) is 10.9 Å². The molecule has 0 amide bonds. The average molecular weight is 281 g/mol. The number of hydrogen-bond donors (Lipinski definition) is 1. The lowest BCUT2D eigenvalue weighted by molar-refractivity contribution is 0.147. The Morgan fingerprint density at radius 3 is 2.79 bits per heavy atom. The molecule has 2 nitrogen and oxygen atoms in total. The van der Waals surface area contributed by atoms with Gasteiger partial charge in [0.2, 0.25) is 0 Å². The van der Waals surface area contributed by atoms with E-state index in [4.69, 9.17) is 11.6 Å². The molecule has 0 fully saturated rings. The van der Waals surface area contributed by atoms with Crippen LogP contribution in [-0.2, 0) is 0 Å². The Bertz CT molecular complexity index is 483. The summed E-state index contributed by atoms with van der Waals surface area (Å²) in [7, 11) is 0. The molecule has 0 aliphatic carbocycles. The normalized spacial score (nSPS) is 11.5. The van der Waals surface area contributed by atoms with Crippen LogP contribution in [0.3, 0.4) is 0 Å². The van der Waals surface area contributed by atoms with Gasteiger partial charge in [-0.1, -0.05) is 11.6 Å². The van der Waals surface area contributed by atoms with E-state index in [1.807, 2.05) is 0 Å². The van der Waals surface area contributed by atoms with Crippen LogP contribution < -0.4 is 0 Å². The highest BCUT2D eigenvalue weighted by atomic mass is 79.9. The van der Waals surface area contributed by atoms with Crippen molar-refractivity contribution in [2.75, 3.05) is 0 Å². The van der Waals surface area contributed by atoms with Gasteiger partial charge in [0.05, 0.1) is 10.5 Å². The molecule has 0 radical (unpaired) electrons. The predicted molar refractivity (Wildman–Crippen MR) is 53.8 cm³/mol. The third-order valence-corrected chi connectivity index (χ3v) is 3.14. The van der Waals surface area contributed by atoms with E-state index in [-0.39, 0.29) is 16.1 Å². The van der Waals surface area contributed by atoms with Crippen molar-refractivity contribution in [3.05, 3.63) is 27.3 Å². The minimum Gasteiger partial charge on any atom is -0.275 e. The molecule has 0 saturated heterocycles. The Hall–Kier alpha value is -0.680. The summed E-state index contributed by atoms with van der Waals surface area (Å²) >= 11 is 9.04. The molecular formula is C8H4BrClF2N2. The number of aromatic amines is 1. The summed E-state index contributed by atoms with van der Waals surface area (Å²) in [6.07, 6.45) is -2.60. The van der Waals surface area contributed by atoms with Crippen molar-refractivity contribution in [2.24, 2.45) is 0 Å². The molecule has 0 atom stereocenters. The first-order chi connectivity index (χ1) is 6.61. The summed E-state index contributed by atoms with van der Waals surface area (Å²) in [5.74, 6) is 0. The highest BCUT2D eigenvalue weighted by Crippen LogP contribution is 2.35. The molecular weight excluding hydrogens is 277 g/mol. The van der Waals surface area contributed by atoms with Crippen LogP contribution in [0.5, 0.6) is 0 Å². The summed E-state index contributed by atoms with van der Waals surface area (Å²) in [6.45, 7) is 0. The van der Waals surface area contributed by atoms with Crippen LogP contribution in [0, 0.1) is 0 Å². The first kappa shape index (κ1) is 9.86. The van der Waals surface area contributed by atoms with Gasteiger partial charge in [0.15, 0.2) is 0 Å². The third kappa shape index (κ3) is 1.40. The van der Waals surface area contributed by atoms with Gasteiger partial charge in [-0.2, -0.15) is 5.10 Å². The number of rotatable bonds is 1. The lowest BCUT2D eigenvalue weighted by Crippen LogP contribution is -1.85. The summed E-state index contributed by atoms with van der Waals surface area (Å²) in [5, 5.41) is 6.54. The maximum atomic E-state index is 12.5. The lowest BCUT2D eigenvalue weighted by Gasteiger charge is -1.99. The van der Waals surface area contributed by atoms with E-state index >= 15 is 0 Å². The Morgan fingerprint density at radius 2 is 2.14 bits per heavy atom. The van der Waals surface area contributed by atoms with E-state index in [1.165, 1.54) is 0 Å². The number of nitrogens with zero attached hydrogens (tertiary/aromatic N) is 1. The predicted octanol–water partition coefficient (Wildman–Crippen LogP) is 3.92. The molecule has 0 aliphatic heterocycles. The van der Waals surface area contributed by atoms with Crippen LogP contribution in [0.15, 0.2) is 16.6 Å². The molecule has 1 heterocycles. The molecule has 0 aliphatic rings. The molecule has 0 spiro atoms. The van der Waals surface area contributed by atoms with Crippen molar-refractivity contribution in [1.82, 2.24) is 10.2 Å². The summed E-state index contributed by atoms with van der Waals surface area (Å²) in [4.78, 5) is 0. The Labute approximate surface area is 91.4 Å². The van der Waals surface area contributed by atoms with Gasteiger partial charge in [-0.05, 0) is 28.1 Å². The van der Waals surface area contributed by atoms with Gasteiger partial charge in [0, 0.05) is 9.86 Å². The quantitative estimate of drug-likeness (QED) is 0.843. The van der Waals surface area contributed by atoms with Gasteiger partial charge in [0.1, 0.15) is 5.69 Å². The smallest absolute Gasteiger partial charge is 0.275 e. The van der Waals surface area contributed by atoms with Crippen LogP contribution in [0.1, 0.15) is 12.1 Å². The number of alkyl halides is 2. The van der Waals surface area contributed by atoms with E-state index in [0.717, 1.165) is 0 Å². The number of fused-ring (bicyclic) bond motifs is 1. The maximum Gasteiger partial charge on any atom is 0.280 e. The molecule has 1 aromatic heterocycles. The van der Waals surface area contributed by atoms with Gasteiger partial charge in [-0.15, -0.1) is 0 Å². The van der Waals surface area contributed by atoms with E-state index in [2.05, 4.69) is 26.1 Å². The van der Waals surface area contributed by atoms with E-state index in [1.54, 1.807) is 12.1 Å². The SMILES string of the molecule is FC(F)c1[nH]nc2ccc(Br)c(Cl)c12. The van der Waals surface area contributed by atoms with Crippen LogP contribution in [0.4, 0.5) is 8.78 Å². The Kier molecular flexibility index (Phi) is 2.45. The molecule has 6 heteroatoms. The third-order valence-electron chi connectivity index (χ3n) is 1.86. The van der Waals surface area contributed by atoms with Crippen molar-refractivity contribution < 1.29 is 8.78 Å². The molecule has 0 saturated carbocycles. The van der Waals surface area contributed by atoms with Gasteiger partial charge in [0.25, 0.3) is 6.43 Å². The largest absolute Gasteiger partial charge is 0.280 e. The fraction of sp³-hybridized carbons (Fsp3) is 0.125. The molecule has 14 heavy (non-hydrogen) atoms. The maximum absolute atomic E-state index is 12.5. The second-order valence-corrected chi connectivity index (χ2v) is 3.93. The van der Waals surface area contributed by atoms with Crippen molar-refractivity contribution in [2.45, 2.75) is 6.43 Å². The lowest BCUT2D eigenvalue weighted by atomic mass is 10.2. The number of benzene rings is 1. The first-order valence-corrected chi connectivity index (χ1v) is 4.88. The van der Waals surface area contributed by atoms with E-state index < -0.39 is 6.43 Å². The van der Waals surface area contributed by atoms with Gasteiger partial charge < -0.3 is 0 Å². The van der Waals surface area contributed by atoms with Crippen LogP contribution in [0.2, 0.25) is 5.02 Å². The summed E-state index contributed by atoms with van der Waals surface area (Å²) in [6, 6.07) is 3.29. The highest BCUT2D eigenvalue weighted by molar-refractivity contribution is 9.10. The van der Waals surface area contributed by atoms with Crippen molar-refractivity contribution in [1.29, 1.82) is 0 Å². The Balaban J connectivity index is 2.82. The summed E-state index contributed by atoms with van der Waals surface area (Å²) < 4.78 is 25.6. The standard InChI is InChI=1S/C8H4BrClF2N2/c9-3-1-2-4-5(6(3)10)7(8(11)12)14-13-4/h1-2,8H,(H,13,14). The number of hydrogen-bond acceptors (Lipinski definition) is 1. The molecule has 0 unspecified atom stereocenters. The van der Waals surface area contributed by atoms with E-state index in [0.29, 0.717) is 9.99 Å². The number of nitrogens with one attached hydrogen (secondary N) is 1. The number of halogens is 4. The molecule has 0 bridgehead atoms. The van der Waals surface area contributed by atoms with Gasteiger partial charge in [-0.3, -0.25) is 5.10 Å². The fourth-order valence-corrected chi connectivity index (χ4v) is 1.82. The number of aromatic nitrogens is 2. The van der Waals surface area contributed by atoms with Gasteiger partial charge in [-0.25, -0.2) is 8.78 Å². The van der Waals surface area contributed by atoms with Gasteiger partial charge >= 0.3 is 0 Å². The monoisotopic (exact) mass is 280 g/mol. The zero-order valence-electron chi connectivity index (χ0n) is 6.69. The topological polar surface area (TPSA) is 28.7 Å². The minimum absolute atomic E-state index is 0.244. The first-order valence-electron chi connectivity index (χ1n) is 3.71. The molecule has 1 aromatic carbocycles. The minimum atomic E-state index is -2.60. The zero-order chi connectivity index (χ0) is 10.3. The molecule has 2 aromatic rings. The van der Waals surface area contributed by atoms with Crippen molar-refractivity contribution >= 4 is 38.4 Å². The van der Waals surface area contributed by atoms with Crippen LogP contribution >= 0.6 is 27.5 Å². The second-order valence-electron chi connectivity index (χ2n) is 2.69. The number of H-pyrrole nitrogens is 1. The highest BCUT2D eigenvalue weighted by Gasteiger charge is 2.18. The molecule has 2 rings (SSSR count).